The van der Waals surface area contributed by atoms with Gasteiger partial charge in [0.1, 0.15) is 0 Å². The normalized spacial score (nSPS) is 10.8. The molecule has 2 rings (SSSR count). The zero-order valence-corrected chi connectivity index (χ0v) is 13.1. The van der Waals surface area contributed by atoms with Crippen LogP contribution < -0.4 is 5.32 Å². The van der Waals surface area contributed by atoms with E-state index >= 15 is 0 Å². The Kier molecular flexibility index (Phi) is 4.95. The van der Waals surface area contributed by atoms with E-state index in [4.69, 9.17) is 0 Å². The van der Waals surface area contributed by atoms with Crippen LogP contribution in [0.4, 0.5) is 5.13 Å². The van der Waals surface area contributed by atoms with E-state index in [1.165, 1.54) is 10.3 Å². The molecule has 20 heavy (non-hydrogen) atoms. The van der Waals surface area contributed by atoms with E-state index in [-0.39, 0.29) is 5.91 Å². The van der Waals surface area contributed by atoms with Gasteiger partial charge in [0, 0.05) is 26.1 Å². The van der Waals surface area contributed by atoms with Crippen molar-refractivity contribution in [2.75, 3.05) is 25.0 Å². The Morgan fingerprint density at radius 3 is 2.80 bits per heavy atom. The molecule has 1 aromatic heterocycles. The highest BCUT2D eigenvalue weighted by molar-refractivity contribution is 7.22. The Labute approximate surface area is 123 Å². The van der Waals surface area contributed by atoms with E-state index in [1.54, 1.807) is 11.3 Å². The fourth-order valence-corrected chi connectivity index (χ4v) is 3.00. The smallest absolute Gasteiger partial charge is 0.224 e. The van der Waals surface area contributed by atoms with Crippen LogP contribution in [0.2, 0.25) is 0 Å². The topological polar surface area (TPSA) is 45.2 Å². The van der Waals surface area contributed by atoms with Crippen molar-refractivity contribution in [3.8, 4) is 0 Å². The lowest BCUT2D eigenvalue weighted by Gasteiger charge is -2.18. The number of rotatable bonds is 6. The molecule has 4 nitrogen and oxygen atoms in total. The van der Waals surface area contributed by atoms with Crippen molar-refractivity contribution in [3.63, 3.8) is 0 Å². The molecule has 1 N–H and O–H groups in total. The van der Waals surface area contributed by atoms with Gasteiger partial charge in [-0.05, 0) is 38.5 Å². The fourth-order valence-electron chi connectivity index (χ4n) is 2.12. The summed E-state index contributed by atoms with van der Waals surface area (Å²) in [5.41, 5.74) is 2.23. The minimum absolute atomic E-state index is 0.194. The van der Waals surface area contributed by atoms with E-state index < -0.39 is 0 Å². The van der Waals surface area contributed by atoms with Gasteiger partial charge < -0.3 is 10.2 Å². The van der Waals surface area contributed by atoms with Crippen molar-refractivity contribution in [1.29, 1.82) is 0 Å². The minimum atomic E-state index is 0.194. The van der Waals surface area contributed by atoms with Crippen molar-refractivity contribution >= 4 is 32.6 Å². The van der Waals surface area contributed by atoms with Gasteiger partial charge in [0.15, 0.2) is 5.13 Å². The summed E-state index contributed by atoms with van der Waals surface area (Å²) in [6, 6.07) is 6.26. The molecule has 1 aromatic carbocycles. The number of hydrogen-bond donors (Lipinski definition) is 1. The van der Waals surface area contributed by atoms with Crippen LogP contribution in [0.1, 0.15) is 25.8 Å². The largest absolute Gasteiger partial charge is 0.361 e. The maximum Gasteiger partial charge on any atom is 0.224 e. The molecule has 0 saturated heterocycles. The maximum absolute atomic E-state index is 11.9. The van der Waals surface area contributed by atoms with Crippen molar-refractivity contribution < 1.29 is 4.79 Å². The van der Waals surface area contributed by atoms with E-state index in [9.17, 15) is 4.79 Å². The summed E-state index contributed by atoms with van der Waals surface area (Å²) in [6.07, 6.45) is 0.511. The number of anilines is 1. The lowest BCUT2D eigenvalue weighted by molar-refractivity contribution is -0.130. The molecule has 1 amide bonds. The van der Waals surface area contributed by atoms with Crippen molar-refractivity contribution in [2.45, 2.75) is 27.2 Å². The molecule has 0 spiro atoms. The number of aryl methyl sites for hydroxylation is 1. The SMILES string of the molecule is CCN(CC)C(=O)CCNc1nc2cc(C)ccc2s1. The van der Waals surface area contributed by atoms with Crippen LogP contribution >= 0.6 is 11.3 Å². The highest BCUT2D eigenvalue weighted by Gasteiger charge is 2.09. The van der Waals surface area contributed by atoms with Crippen LogP contribution in [0.3, 0.4) is 0 Å². The third-order valence-electron chi connectivity index (χ3n) is 3.27. The lowest BCUT2D eigenvalue weighted by atomic mass is 10.2. The standard InChI is InChI=1S/C15H21N3OS/c1-4-18(5-2)14(19)8-9-16-15-17-12-10-11(3)6-7-13(12)20-15/h6-7,10H,4-5,8-9H2,1-3H3,(H,16,17). The number of aromatic nitrogens is 1. The van der Waals surface area contributed by atoms with Gasteiger partial charge in [0.05, 0.1) is 10.2 Å². The zero-order valence-electron chi connectivity index (χ0n) is 12.3. The first-order valence-corrected chi connectivity index (χ1v) is 7.84. The first-order chi connectivity index (χ1) is 9.63. The lowest BCUT2D eigenvalue weighted by Crippen LogP contribution is -2.31. The first kappa shape index (κ1) is 14.8. The summed E-state index contributed by atoms with van der Waals surface area (Å²) in [7, 11) is 0. The molecule has 0 radical (unpaired) electrons. The molecule has 0 bridgehead atoms. The maximum atomic E-state index is 11.9. The summed E-state index contributed by atoms with van der Waals surface area (Å²) >= 11 is 1.63. The van der Waals surface area contributed by atoms with Crippen LogP contribution in [0.25, 0.3) is 10.2 Å². The predicted molar refractivity (Wildman–Crippen MR) is 85.4 cm³/mol. The highest BCUT2D eigenvalue weighted by atomic mass is 32.1. The minimum Gasteiger partial charge on any atom is -0.361 e. The monoisotopic (exact) mass is 291 g/mol. The Hall–Kier alpha value is -1.62. The molecule has 0 unspecified atom stereocenters. The van der Waals surface area contributed by atoms with Gasteiger partial charge in [-0.3, -0.25) is 4.79 Å². The summed E-state index contributed by atoms with van der Waals surface area (Å²) in [4.78, 5) is 18.3. The van der Waals surface area contributed by atoms with Gasteiger partial charge >= 0.3 is 0 Å². The molecule has 2 aromatic rings. The molecular weight excluding hydrogens is 270 g/mol. The number of carbonyl (C=O) groups excluding carboxylic acids is 1. The molecule has 0 atom stereocenters. The quantitative estimate of drug-likeness (QED) is 0.888. The Bertz CT molecular complexity index is 590. The zero-order chi connectivity index (χ0) is 14.5. The molecule has 0 saturated carbocycles. The number of nitrogens with one attached hydrogen (secondary N) is 1. The molecule has 1 heterocycles. The Morgan fingerprint density at radius 2 is 2.10 bits per heavy atom. The van der Waals surface area contributed by atoms with Crippen LogP contribution in [0.15, 0.2) is 18.2 Å². The summed E-state index contributed by atoms with van der Waals surface area (Å²) in [5, 5.41) is 4.13. The van der Waals surface area contributed by atoms with E-state index in [0.29, 0.717) is 13.0 Å². The number of carbonyl (C=O) groups is 1. The average molecular weight is 291 g/mol. The first-order valence-electron chi connectivity index (χ1n) is 7.03. The number of nitrogens with zero attached hydrogens (tertiary/aromatic N) is 2. The van der Waals surface area contributed by atoms with Crippen molar-refractivity contribution in [3.05, 3.63) is 23.8 Å². The van der Waals surface area contributed by atoms with Crippen LogP contribution in [-0.4, -0.2) is 35.4 Å². The van der Waals surface area contributed by atoms with E-state index in [1.807, 2.05) is 18.7 Å². The predicted octanol–water partition coefficient (Wildman–Crippen LogP) is 3.28. The summed E-state index contributed by atoms with van der Waals surface area (Å²) in [5.74, 6) is 0.194. The second-order valence-corrected chi connectivity index (χ2v) is 5.76. The Morgan fingerprint density at radius 1 is 1.35 bits per heavy atom. The van der Waals surface area contributed by atoms with Gasteiger partial charge in [0.2, 0.25) is 5.91 Å². The van der Waals surface area contributed by atoms with E-state index in [0.717, 1.165) is 23.7 Å². The van der Waals surface area contributed by atoms with Gasteiger partial charge in [-0.15, -0.1) is 0 Å². The van der Waals surface area contributed by atoms with Gasteiger partial charge in [-0.1, -0.05) is 17.4 Å². The fraction of sp³-hybridized carbons (Fsp3) is 0.467. The Balaban J connectivity index is 1.91. The summed E-state index contributed by atoms with van der Waals surface area (Å²) < 4.78 is 1.17. The van der Waals surface area contributed by atoms with Gasteiger partial charge in [-0.25, -0.2) is 4.98 Å². The molecule has 0 aliphatic heterocycles. The molecule has 0 aliphatic rings. The number of hydrogen-bond acceptors (Lipinski definition) is 4. The second kappa shape index (κ2) is 6.70. The van der Waals surface area contributed by atoms with Crippen LogP contribution in [-0.2, 0) is 4.79 Å². The second-order valence-electron chi connectivity index (χ2n) is 4.73. The number of benzene rings is 1. The molecular formula is C15H21N3OS. The molecule has 0 aliphatic carbocycles. The van der Waals surface area contributed by atoms with Gasteiger partial charge in [0.25, 0.3) is 0 Å². The average Bonchev–Trinajstić information content (AvgIpc) is 2.82. The van der Waals surface area contributed by atoms with Crippen LogP contribution in [0.5, 0.6) is 0 Å². The summed E-state index contributed by atoms with van der Waals surface area (Å²) in [6.45, 7) is 8.25. The number of amides is 1. The molecule has 5 heteroatoms. The third-order valence-corrected chi connectivity index (χ3v) is 4.27. The van der Waals surface area contributed by atoms with Crippen LogP contribution in [0, 0.1) is 6.92 Å². The van der Waals surface area contributed by atoms with Crippen molar-refractivity contribution in [1.82, 2.24) is 9.88 Å². The third kappa shape index (κ3) is 3.48. The van der Waals surface area contributed by atoms with Gasteiger partial charge in [-0.2, -0.15) is 0 Å². The number of fused-ring (bicyclic) bond motifs is 1. The number of thiazole rings is 1. The highest BCUT2D eigenvalue weighted by Crippen LogP contribution is 2.26. The van der Waals surface area contributed by atoms with Crippen molar-refractivity contribution in [2.24, 2.45) is 0 Å². The molecule has 0 fully saturated rings. The molecule has 108 valence electrons. The van der Waals surface area contributed by atoms with E-state index in [2.05, 4.69) is 35.4 Å².